The second kappa shape index (κ2) is 8.98. The van der Waals surface area contributed by atoms with Crippen molar-refractivity contribution in [3.05, 3.63) is 0 Å². The van der Waals surface area contributed by atoms with Gasteiger partial charge in [0.1, 0.15) is 6.04 Å². The van der Waals surface area contributed by atoms with Gasteiger partial charge in [0.25, 0.3) is 0 Å². The largest absolute Gasteiger partial charge is 0.480 e. The number of nitrogens with one attached hydrogen (secondary N) is 1. The van der Waals surface area contributed by atoms with Gasteiger partial charge in [-0.2, -0.15) is 0 Å². The van der Waals surface area contributed by atoms with Crippen LogP contribution in [0.25, 0.3) is 0 Å². The van der Waals surface area contributed by atoms with E-state index in [0.29, 0.717) is 19.6 Å². The van der Waals surface area contributed by atoms with Crippen molar-refractivity contribution >= 4 is 11.9 Å². The molecular formula is C12H23NO4. The van der Waals surface area contributed by atoms with Gasteiger partial charge in [-0.05, 0) is 18.8 Å². The molecule has 1 amide bonds. The predicted molar refractivity (Wildman–Crippen MR) is 64.7 cm³/mol. The average Bonchev–Trinajstić information content (AvgIpc) is 2.22. The van der Waals surface area contributed by atoms with Crippen LogP contribution in [0.15, 0.2) is 0 Å². The average molecular weight is 245 g/mol. The maximum Gasteiger partial charge on any atom is 0.326 e. The van der Waals surface area contributed by atoms with Gasteiger partial charge in [0, 0.05) is 13.0 Å². The van der Waals surface area contributed by atoms with Crippen LogP contribution in [-0.4, -0.2) is 36.2 Å². The van der Waals surface area contributed by atoms with E-state index < -0.39 is 12.0 Å². The molecule has 5 nitrogen and oxygen atoms in total. The highest BCUT2D eigenvalue weighted by molar-refractivity contribution is 5.83. The molecule has 1 unspecified atom stereocenters. The van der Waals surface area contributed by atoms with Gasteiger partial charge in [0.2, 0.25) is 5.91 Å². The molecule has 0 saturated heterocycles. The molecule has 17 heavy (non-hydrogen) atoms. The third kappa shape index (κ3) is 8.68. The Hall–Kier alpha value is -1.10. The molecule has 0 radical (unpaired) electrons. The molecule has 0 heterocycles. The van der Waals surface area contributed by atoms with Gasteiger partial charge >= 0.3 is 5.97 Å². The highest BCUT2D eigenvalue weighted by Gasteiger charge is 2.20. The first kappa shape index (κ1) is 15.9. The number of hydrogen-bond acceptors (Lipinski definition) is 3. The smallest absolute Gasteiger partial charge is 0.326 e. The zero-order valence-corrected chi connectivity index (χ0v) is 10.9. The molecule has 0 aliphatic rings. The van der Waals surface area contributed by atoms with Crippen molar-refractivity contribution in [1.29, 1.82) is 0 Å². The summed E-state index contributed by atoms with van der Waals surface area (Å²) in [6, 6.07) is -0.798. The summed E-state index contributed by atoms with van der Waals surface area (Å²) in [5.74, 6) is -1.02. The highest BCUT2D eigenvalue weighted by Crippen LogP contribution is 2.05. The van der Waals surface area contributed by atoms with Crippen molar-refractivity contribution in [2.75, 3.05) is 13.2 Å². The Morgan fingerprint density at radius 2 is 1.94 bits per heavy atom. The van der Waals surface area contributed by atoms with Gasteiger partial charge in [-0.3, -0.25) is 4.79 Å². The first-order valence-corrected chi connectivity index (χ1v) is 6.07. The molecule has 0 saturated carbocycles. The fraction of sp³-hybridized carbons (Fsp3) is 0.833. The van der Waals surface area contributed by atoms with Gasteiger partial charge in [-0.15, -0.1) is 0 Å². The van der Waals surface area contributed by atoms with Crippen LogP contribution in [0.5, 0.6) is 0 Å². The Kier molecular flexibility index (Phi) is 8.40. The predicted octanol–water partition coefficient (Wildman–Crippen LogP) is 1.42. The number of ether oxygens (including phenoxy) is 1. The summed E-state index contributed by atoms with van der Waals surface area (Å²) in [6.07, 6.45) is 1.56. The van der Waals surface area contributed by atoms with Crippen molar-refractivity contribution in [2.24, 2.45) is 5.92 Å². The lowest BCUT2D eigenvalue weighted by atomic mass is 10.0. The van der Waals surface area contributed by atoms with Gasteiger partial charge in [0.05, 0.1) is 6.61 Å². The van der Waals surface area contributed by atoms with Crippen molar-refractivity contribution in [3.8, 4) is 0 Å². The van der Waals surface area contributed by atoms with Crippen LogP contribution in [0.1, 0.15) is 40.0 Å². The maximum absolute atomic E-state index is 11.4. The Morgan fingerprint density at radius 1 is 1.29 bits per heavy atom. The molecule has 2 N–H and O–H groups in total. The molecule has 0 spiro atoms. The SMILES string of the molecule is CCCOCCC(=O)NC(CC(C)C)C(=O)O. The molecule has 0 aliphatic heterocycles. The normalized spacial score (nSPS) is 12.5. The molecule has 0 rings (SSSR count). The van der Waals surface area contributed by atoms with Crippen LogP contribution < -0.4 is 5.32 Å². The van der Waals surface area contributed by atoms with Crippen molar-refractivity contribution in [3.63, 3.8) is 0 Å². The molecule has 5 heteroatoms. The molecule has 0 aromatic carbocycles. The number of carbonyl (C=O) groups is 2. The lowest BCUT2D eigenvalue weighted by Gasteiger charge is -2.16. The minimum atomic E-state index is -0.985. The van der Waals surface area contributed by atoms with Crippen LogP contribution >= 0.6 is 0 Å². The molecule has 0 aromatic heterocycles. The van der Waals surface area contributed by atoms with E-state index in [0.717, 1.165) is 6.42 Å². The molecule has 0 aromatic rings. The van der Waals surface area contributed by atoms with Crippen LogP contribution in [0.2, 0.25) is 0 Å². The Balaban J connectivity index is 3.91. The zero-order valence-electron chi connectivity index (χ0n) is 10.9. The van der Waals surface area contributed by atoms with Crippen LogP contribution in [0, 0.1) is 5.92 Å². The van der Waals surface area contributed by atoms with Crippen LogP contribution in [0.4, 0.5) is 0 Å². The van der Waals surface area contributed by atoms with Gasteiger partial charge < -0.3 is 15.2 Å². The van der Waals surface area contributed by atoms with E-state index in [4.69, 9.17) is 9.84 Å². The number of amides is 1. The van der Waals surface area contributed by atoms with E-state index in [1.165, 1.54) is 0 Å². The summed E-state index contributed by atoms with van der Waals surface area (Å²) in [5, 5.41) is 11.4. The molecule has 0 bridgehead atoms. The van der Waals surface area contributed by atoms with E-state index in [1.54, 1.807) is 0 Å². The van der Waals surface area contributed by atoms with Crippen molar-refractivity contribution in [2.45, 2.75) is 46.1 Å². The number of rotatable bonds is 9. The second-order valence-corrected chi connectivity index (χ2v) is 4.45. The molecule has 1 atom stereocenters. The first-order chi connectivity index (χ1) is 7.97. The minimum absolute atomic E-state index is 0.210. The van der Waals surface area contributed by atoms with Gasteiger partial charge in [0.15, 0.2) is 0 Å². The number of carboxylic acids is 1. The monoisotopic (exact) mass is 245 g/mol. The van der Waals surface area contributed by atoms with Crippen LogP contribution in [0.3, 0.4) is 0 Å². The number of carbonyl (C=O) groups excluding carboxylic acids is 1. The fourth-order valence-electron chi connectivity index (χ4n) is 1.37. The van der Waals surface area contributed by atoms with E-state index >= 15 is 0 Å². The number of aliphatic carboxylic acids is 1. The first-order valence-electron chi connectivity index (χ1n) is 6.07. The van der Waals surface area contributed by atoms with Gasteiger partial charge in [-0.1, -0.05) is 20.8 Å². The Bertz CT molecular complexity index is 241. The van der Waals surface area contributed by atoms with E-state index in [1.807, 2.05) is 20.8 Å². The summed E-state index contributed by atoms with van der Waals surface area (Å²) in [4.78, 5) is 22.3. The third-order valence-electron chi connectivity index (χ3n) is 2.16. The number of hydrogen-bond donors (Lipinski definition) is 2. The van der Waals surface area contributed by atoms with Crippen LogP contribution in [-0.2, 0) is 14.3 Å². The summed E-state index contributed by atoms with van der Waals surface area (Å²) < 4.78 is 5.17. The maximum atomic E-state index is 11.4. The topological polar surface area (TPSA) is 75.6 Å². The number of carboxylic acid groups (broad SMARTS) is 1. The standard InChI is InChI=1S/C12H23NO4/c1-4-6-17-7-5-11(14)13-10(12(15)16)8-9(2)3/h9-10H,4-8H2,1-3H3,(H,13,14)(H,15,16). The van der Waals surface area contributed by atoms with E-state index in [-0.39, 0.29) is 18.2 Å². The lowest BCUT2D eigenvalue weighted by molar-refractivity contribution is -0.142. The van der Waals surface area contributed by atoms with Gasteiger partial charge in [-0.25, -0.2) is 4.79 Å². The highest BCUT2D eigenvalue weighted by atomic mass is 16.5. The molecular weight excluding hydrogens is 222 g/mol. The molecule has 0 fully saturated rings. The summed E-state index contributed by atoms with van der Waals surface area (Å²) in [6.45, 7) is 6.80. The summed E-state index contributed by atoms with van der Waals surface area (Å²) in [7, 11) is 0. The quantitative estimate of drug-likeness (QED) is 0.602. The molecule has 0 aliphatic carbocycles. The minimum Gasteiger partial charge on any atom is -0.480 e. The van der Waals surface area contributed by atoms with Crippen molar-refractivity contribution in [1.82, 2.24) is 5.32 Å². The Morgan fingerprint density at radius 3 is 2.41 bits per heavy atom. The zero-order chi connectivity index (χ0) is 13.3. The van der Waals surface area contributed by atoms with E-state index in [2.05, 4.69) is 5.32 Å². The summed E-state index contributed by atoms with van der Waals surface area (Å²) >= 11 is 0. The lowest BCUT2D eigenvalue weighted by Crippen LogP contribution is -2.41. The van der Waals surface area contributed by atoms with E-state index in [9.17, 15) is 9.59 Å². The van der Waals surface area contributed by atoms with Crippen molar-refractivity contribution < 1.29 is 19.4 Å². The third-order valence-corrected chi connectivity index (χ3v) is 2.16. The summed E-state index contributed by atoms with van der Waals surface area (Å²) in [5.41, 5.74) is 0. The second-order valence-electron chi connectivity index (χ2n) is 4.45. The molecule has 100 valence electrons. The Labute approximate surface area is 103 Å². The fourth-order valence-corrected chi connectivity index (χ4v) is 1.37.